The molecule has 17 heavy (non-hydrogen) atoms. The van der Waals surface area contributed by atoms with E-state index in [-0.39, 0.29) is 6.04 Å². The zero-order chi connectivity index (χ0) is 12.3. The van der Waals surface area contributed by atoms with E-state index in [0.29, 0.717) is 17.4 Å². The van der Waals surface area contributed by atoms with Gasteiger partial charge in [-0.1, -0.05) is 12.1 Å². The first-order valence-corrected chi connectivity index (χ1v) is 5.70. The molecule has 0 amide bonds. The molecule has 1 aromatic carbocycles. The van der Waals surface area contributed by atoms with Crippen LogP contribution in [0.25, 0.3) is 0 Å². The highest BCUT2D eigenvalue weighted by molar-refractivity contribution is 6.28. The van der Waals surface area contributed by atoms with Gasteiger partial charge >= 0.3 is 0 Å². The topological polar surface area (TPSA) is 48.4 Å². The fourth-order valence-electron chi connectivity index (χ4n) is 1.68. The fourth-order valence-corrected chi connectivity index (χ4v) is 1.83. The lowest BCUT2D eigenvalue weighted by Gasteiger charge is -2.09. The van der Waals surface area contributed by atoms with Crippen molar-refractivity contribution in [1.29, 1.82) is 0 Å². The van der Waals surface area contributed by atoms with Gasteiger partial charge in [0.05, 0.1) is 13.2 Å². The van der Waals surface area contributed by atoms with Gasteiger partial charge in [0.25, 0.3) is 0 Å². The number of hydrogen-bond donors (Lipinski definition) is 1. The third-order valence-corrected chi connectivity index (χ3v) is 2.75. The number of methoxy groups -OCH3 is 1. The Hall–Kier alpha value is -1.45. The van der Waals surface area contributed by atoms with E-state index in [4.69, 9.17) is 26.5 Å². The van der Waals surface area contributed by atoms with Crippen LogP contribution >= 0.6 is 11.6 Å². The van der Waals surface area contributed by atoms with Crippen molar-refractivity contribution in [2.45, 2.75) is 12.5 Å². The summed E-state index contributed by atoms with van der Waals surface area (Å²) in [5.74, 6) is 1.52. The number of rotatable bonds is 4. The van der Waals surface area contributed by atoms with Crippen molar-refractivity contribution in [3.05, 3.63) is 52.9 Å². The van der Waals surface area contributed by atoms with Crippen molar-refractivity contribution in [3.63, 3.8) is 0 Å². The number of nitrogens with two attached hydrogens (primary N) is 1. The minimum atomic E-state index is -0.199. The second-order valence-corrected chi connectivity index (χ2v) is 4.18. The van der Waals surface area contributed by atoms with Gasteiger partial charge in [0.1, 0.15) is 11.5 Å². The maximum Gasteiger partial charge on any atom is 0.193 e. The molecular weight excluding hydrogens is 238 g/mol. The summed E-state index contributed by atoms with van der Waals surface area (Å²) in [4.78, 5) is 0. The zero-order valence-electron chi connectivity index (χ0n) is 9.52. The molecule has 2 aromatic rings. The molecule has 0 bridgehead atoms. The number of hydrogen-bond acceptors (Lipinski definition) is 3. The van der Waals surface area contributed by atoms with Crippen molar-refractivity contribution in [1.82, 2.24) is 0 Å². The second-order valence-electron chi connectivity index (χ2n) is 3.80. The Bertz CT molecular complexity index is 496. The Morgan fingerprint density at radius 2 is 2.18 bits per heavy atom. The van der Waals surface area contributed by atoms with Crippen LogP contribution in [-0.2, 0) is 6.42 Å². The van der Waals surface area contributed by atoms with Gasteiger partial charge in [-0.2, -0.15) is 0 Å². The fraction of sp³-hybridized carbons (Fsp3) is 0.231. The Balaban J connectivity index is 2.09. The summed E-state index contributed by atoms with van der Waals surface area (Å²) >= 11 is 5.71. The Labute approximate surface area is 105 Å². The molecule has 0 aliphatic heterocycles. The van der Waals surface area contributed by atoms with Gasteiger partial charge in [0, 0.05) is 0 Å². The highest BCUT2D eigenvalue weighted by atomic mass is 35.5. The summed E-state index contributed by atoms with van der Waals surface area (Å²) in [7, 11) is 1.64. The van der Waals surface area contributed by atoms with Gasteiger partial charge in [-0.15, -0.1) is 0 Å². The van der Waals surface area contributed by atoms with Gasteiger partial charge in [0.2, 0.25) is 0 Å². The minimum Gasteiger partial charge on any atom is -0.497 e. The van der Waals surface area contributed by atoms with Gasteiger partial charge in [0.15, 0.2) is 5.22 Å². The maximum absolute atomic E-state index is 6.04. The molecule has 0 saturated heterocycles. The van der Waals surface area contributed by atoms with E-state index in [9.17, 15) is 0 Å². The molecule has 0 radical (unpaired) electrons. The van der Waals surface area contributed by atoms with Crippen molar-refractivity contribution in [2.75, 3.05) is 7.11 Å². The summed E-state index contributed by atoms with van der Waals surface area (Å²) < 4.78 is 10.4. The Morgan fingerprint density at radius 1 is 1.35 bits per heavy atom. The third-order valence-electron chi connectivity index (χ3n) is 2.55. The van der Waals surface area contributed by atoms with Gasteiger partial charge < -0.3 is 14.9 Å². The minimum absolute atomic E-state index is 0.199. The van der Waals surface area contributed by atoms with Crippen LogP contribution in [-0.4, -0.2) is 7.11 Å². The average molecular weight is 252 g/mol. The largest absolute Gasteiger partial charge is 0.497 e. The molecule has 90 valence electrons. The number of ether oxygens (including phenoxy) is 1. The van der Waals surface area contributed by atoms with E-state index in [0.717, 1.165) is 11.3 Å². The lowest BCUT2D eigenvalue weighted by Crippen LogP contribution is -2.12. The summed E-state index contributed by atoms with van der Waals surface area (Å²) in [6.07, 6.45) is 0.682. The molecule has 0 fully saturated rings. The number of benzene rings is 1. The summed E-state index contributed by atoms with van der Waals surface area (Å²) in [5.41, 5.74) is 7.14. The molecule has 3 nitrogen and oxygen atoms in total. The molecule has 1 heterocycles. The number of halogens is 1. The van der Waals surface area contributed by atoms with Crippen molar-refractivity contribution >= 4 is 11.6 Å². The van der Waals surface area contributed by atoms with Crippen LogP contribution in [0.3, 0.4) is 0 Å². The first-order valence-electron chi connectivity index (χ1n) is 5.33. The predicted octanol–water partition coefficient (Wildman–Crippen LogP) is 3.18. The molecule has 1 unspecified atom stereocenters. The molecule has 0 spiro atoms. The molecule has 0 aliphatic rings. The quantitative estimate of drug-likeness (QED) is 0.908. The maximum atomic E-state index is 6.04. The first kappa shape index (κ1) is 12.0. The average Bonchev–Trinajstić information content (AvgIpc) is 2.76. The molecule has 2 N–H and O–H groups in total. The molecule has 1 atom stereocenters. The normalized spacial score (nSPS) is 12.4. The van der Waals surface area contributed by atoms with Crippen LogP contribution < -0.4 is 10.5 Å². The van der Waals surface area contributed by atoms with E-state index in [2.05, 4.69) is 0 Å². The second kappa shape index (κ2) is 5.25. The van der Waals surface area contributed by atoms with Gasteiger partial charge in [-0.05, 0) is 47.9 Å². The summed E-state index contributed by atoms with van der Waals surface area (Å²) in [6, 6.07) is 11.1. The highest BCUT2D eigenvalue weighted by Crippen LogP contribution is 2.22. The molecule has 2 rings (SSSR count). The standard InChI is InChI=1S/C13H14ClNO2/c1-16-10-4-2-3-9(7-10)8-11(15)12-5-6-13(14)17-12/h2-7,11H,8,15H2,1H3. The van der Waals surface area contributed by atoms with Crippen LogP contribution in [0.15, 0.2) is 40.8 Å². The summed E-state index contributed by atoms with van der Waals surface area (Å²) in [5, 5.41) is 0.362. The zero-order valence-corrected chi connectivity index (χ0v) is 10.3. The Kier molecular flexibility index (Phi) is 3.71. The molecule has 1 aromatic heterocycles. The summed E-state index contributed by atoms with van der Waals surface area (Å²) in [6.45, 7) is 0. The van der Waals surface area contributed by atoms with E-state index >= 15 is 0 Å². The van der Waals surface area contributed by atoms with Crippen molar-refractivity contribution in [2.24, 2.45) is 5.73 Å². The van der Waals surface area contributed by atoms with E-state index < -0.39 is 0 Å². The monoisotopic (exact) mass is 251 g/mol. The Morgan fingerprint density at radius 3 is 2.82 bits per heavy atom. The lowest BCUT2D eigenvalue weighted by molar-refractivity contribution is 0.413. The van der Waals surface area contributed by atoms with Crippen LogP contribution in [0.5, 0.6) is 5.75 Å². The number of furan rings is 1. The third kappa shape index (κ3) is 3.02. The smallest absolute Gasteiger partial charge is 0.193 e. The van der Waals surface area contributed by atoms with Gasteiger partial charge in [-0.3, -0.25) is 0 Å². The van der Waals surface area contributed by atoms with E-state index in [1.165, 1.54) is 0 Å². The van der Waals surface area contributed by atoms with Gasteiger partial charge in [-0.25, -0.2) is 0 Å². The molecule has 0 saturated carbocycles. The van der Waals surface area contributed by atoms with Crippen LogP contribution in [0.1, 0.15) is 17.4 Å². The molecular formula is C13H14ClNO2. The lowest BCUT2D eigenvalue weighted by atomic mass is 10.0. The first-order chi connectivity index (χ1) is 8.19. The predicted molar refractivity (Wildman–Crippen MR) is 67.3 cm³/mol. The van der Waals surface area contributed by atoms with Crippen molar-refractivity contribution in [3.8, 4) is 5.75 Å². The van der Waals surface area contributed by atoms with Crippen molar-refractivity contribution < 1.29 is 9.15 Å². The van der Waals surface area contributed by atoms with Crippen LogP contribution in [0.2, 0.25) is 5.22 Å². The SMILES string of the molecule is COc1cccc(CC(N)c2ccc(Cl)o2)c1. The molecule has 4 heteroatoms. The van der Waals surface area contributed by atoms with E-state index in [1.54, 1.807) is 19.2 Å². The van der Waals surface area contributed by atoms with Crippen LogP contribution in [0.4, 0.5) is 0 Å². The van der Waals surface area contributed by atoms with Crippen LogP contribution in [0, 0.1) is 0 Å². The highest BCUT2D eigenvalue weighted by Gasteiger charge is 2.11. The molecule has 0 aliphatic carbocycles. The van der Waals surface area contributed by atoms with E-state index in [1.807, 2.05) is 24.3 Å².